The number of nitrogens with two attached hydrogens (primary N) is 4. The summed E-state index contributed by atoms with van der Waals surface area (Å²) in [6.45, 7) is 1.61. The van der Waals surface area contributed by atoms with Crippen molar-refractivity contribution in [3.8, 4) is 0 Å². The van der Waals surface area contributed by atoms with Gasteiger partial charge in [0.15, 0.2) is 0 Å². The summed E-state index contributed by atoms with van der Waals surface area (Å²) in [5.41, 5.74) is 22.3. The molecular weight excluding hydrogens is 184 g/mol. The first-order valence-electron chi connectivity index (χ1n) is 4.62. The lowest BCUT2D eigenvalue weighted by molar-refractivity contribution is 0.187. The molecule has 0 bridgehead atoms. The molecule has 7 nitrogen and oxygen atoms in total. The van der Waals surface area contributed by atoms with E-state index in [1.54, 1.807) is 0 Å². The molecule has 1 saturated heterocycles. The Balaban J connectivity index is 2.69. The van der Waals surface area contributed by atoms with Crippen LogP contribution in [0.5, 0.6) is 0 Å². The molecule has 0 aromatic carbocycles. The number of hydrogen-bond acceptors (Lipinski definition) is 5. The highest BCUT2D eigenvalue weighted by Gasteiger charge is 2.40. The van der Waals surface area contributed by atoms with E-state index in [2.05, 4.69) is 0 Å². The Morgan fingerprint density at radius 2 is 1.36 bits per heavy atom. The highest BCUT2D eigenvalue weighted by molar-refractivity contribution is 5.77. The van der Waals surface area contributed by atoms with E-state index in [1.165, 1.54) is 9.80 Å². The number of urea groups is 1. The van der Waals surface area contributed by atoms with Crippen LogP contribution in [-0.4, -0.2) is 54.3 Å². The van der Waals surface area contributed by atoms with Crippen LogP contribution in [0.3, 0.4) is 0 Å². The third-order valence-corrected chi connectivity index (χ3v) is 2.30. The van der Waals surface area contributed by atoms with Gasteiger partial charge < -0.3 is 32.7 Å². The van der Waals surface area contributed by atoms with E-state index in [-0.39, 0.29) is 6.03 Å². The van der Waals surface area contributed by atoms with Crippen molar-refractivity contribution in [3.63, 3.8) is 0 Å². The Morgan fingerprint density at radius 3 is 1.64 bits per heavy atom. The minimum atomic E-state index is -0.488. The lowest BCUT2D eigenvalue weighted by Crippen LogP contribution is -2.50. The average molecular weight is 202 g/mol. The molecule has 1 heterocycles. The standard InChI is InChI=1S/C7H18N6O/c8-1-3-12-5(10)6(11)13(4-2-9)7(12)14/h5-6H,1-4,8-11H2. The maximum absolute atomic E-state index is 11.7. The molecule has 1 rings (SSSR count). The van der Waals surface area contributed by atoms with Crippen LogP contribution in [0.1, 0.15) is 0 Å². The molecule has 1 fully saturated rings. The predicted octanol–water partition coefficient (Wildman–Crippen LogP) is -2.79. The molecule has 1 aliphatic heterocycles. The van der Waals surface area contributed by atoms with E-state index < -0.39 is 12.3 Å². The molecule has 0 radical (unpaired) electrons. The maximum Gasteiger partial charge on any atom is 0.322 e. The second-order valence-corrected chi connectivity index (χ2v) is 3.23. The van der Waals surface area contributed by atoms with Crippen molar-refractivity contribution in [2.24, 2.45) is 22.9 Å². The van der Waals surface area contributed by atoms with Gasteiger partial charge in [0.25, 0.3) is 0 Å². The SMILES string of the molecule is NCCN1C(=O)N(CCN)C(N)C1N. The van der Waals surface area contributed by atoms with Crippen LogP contribution in [0.4, 0.5) is 4.79 Å². The normalized spacial score (nSPS) is 27.6. The van der Waals surface area contributed by atoms with Crippen molar-refractivity contribution in [1.82, 2.24) is 9.80 Å². The molecule has 2 amide bonds. The molecule has 0 saturated carbocycles. The summed E-state index contributed by atoms with van der Waals surface area (Å²) in [4.78, 5) is 14.6. The molecule has 1 aliphatic rings. The number of carbonyl (C=O) groups is 1. The summed E-state index contributed by atoms with van der Waals surface area (Å²) >= 11 is 0. The van der Waals surface area contributed by atoms with E-state index in [4.69, 9.17) is 22.9 Å². The second kappa shape index (κ2) is 4.56. The predicted molar refractivity (Wildman–Crippen MR) is 52.9 cm³/mol. The molecule has 2 unspecified atom stereocenters. The highest BCUT2D eigenvalue weighted by Crippen LogP contribution is 2.15. The molecule has 2 atom stereocenters. The van der Waals surface area contributed by atoms with Gasteiger partial charge in [0.2, 0.25) is 0 Å². The minimum Gasteiger partial charge on any atom is -0.329 e. The van der Waals surface area contributed by atoms with Crippen LogP contribution in [0.15, 0.2) is 0 Å². The minimum absolute atomic E-state index is 0.180. The first kappa shape index (κ1) is 11.2. The number of nitrogens with zero attached hydrogens (tertiary/aromatic N) is 2. The number of carbonyl (C=O) groups excluding carboxylic acids is 1. The van der Waals surface area contributed by atoms with Gasteiger partial charge in [-0.15, -0.1) is 0 Å². The Labute approximate surface area is 83.0 Å². The number of hydrogen-bond donors (Lipinski definition) is 4. The maximum atomic E-state index is 11.7. The monoisotopic (exact) mass is 202 g/mol. The van der Waals surface area contributed by atoms with E-state index in [9.17, 15) is 4.79 Å². The lowest BCUT2D eigenvalue weighted by atomic mass is 10.4. The third kappa shape index (κ3) is 1.80. The average Bonchev–Trinajstić information content (AvgIpc) is 2.36. The number of rotatable bonds is 4. The summed E-state index contributed by atoms with van der Waals surface area (Å²) in [5, 5.41) is 0. The second-order valence-electron chi connectivity index (χ2n) is 3.23. The van der Waals surface area contributed by atoms with Gasteiger partial charge >= 0.3 is 6.03 Å². The zero-order valence-electron chi connectivity index (χ0n) is 8.10. The summed E-state index contributed by atoms with van der Waals surface area (Å²) in [7, 11) is 0. The smallest absolute Gasteiger partial charge is 0.322 e. The summed E-state index contributed by atoms with van der Waals surface area (Å²) in [6.07, 6.45) is -0.977. The molecule has 0 aromatic rings. The summed E-state index contributed by atoms with van der Waals surface area (Å²) in [5.74, 6) is 0. The van der Waals surface area contributed by atoms with Crippen LogP contribution in [0, 0.1) is 0 Å². The van der Waals surface area contributed by atoms with Crippen LogP contribution >= 0.6 is 0 Å². The van der Waals surface area contributed by atoms with Crippen LogP contribution < -0.4 is 22.9 Å². The quantitative estimate of drug-likeness (QED) is 0.392. The van der Waals surface area contributed by atoms with Gasteiger partial charge in [0.05, 0.1) is 0 Å². The van der Waals surface area contributed by atoms with Gasteiger partial charge in [0.1, 0.15) is 12.3 Å². The molecule has 0 aromatic heterocycles. The van der Waals surface area contributed by atoms with Gasteiger partial charge in [-0.3, -0.25) is 0 Å². The third-order valence-electron chi connectivity index (χ3n) is 2.30. The molecule has 14 heavy (non-hydrogen) atoms. The van der Waals surface area contributed by atoms with Crippen LogP contribution in [0.2, 0.25) is 0 Å². The molecule has 82 valence electrons. The fourth-order valence-electron chi connectivity index (χ4n) is 1.56. The van der Waals surface area contributed by atoms with Gasteiger partial charge in [-0.05, 0) is 0 Å². The van der Waals surface area contributed by atoms with Crippen molar-refractivity contribution >= 4 is 6.03 Å². The van der Waals surface area contributed by atoms with E-state index >= 15 is 0 Å². The Hall–Kier alpha value is -0.890. The van der Waals surface area contributed by atoms with Crippen molar-refractivity contribution in [2.45, 2.75) is 12.3 Å². The molecule has 7 heteroatoms. The van der Waals surface area contributed by atoms with E-state index in [0.717, 1.165) is 0 Å². The summed E-state index contributed by atoms with van der Waals surface area (Å²) < 4.78 is 0. The zero-order chi connectivity index (χ0) is 10.7. The Bertz CT molecular complexity index is 190. The van der Waals surface area contributed by atoms with Crippen molar-refractivity contribution in [1.29, 1.82) is 0 Å². The molecule has 8 N–H and O–H groups in total. The van der Waals surface area contributed by atoms with E-state index in [1.807, 2.05) is 0 Å². The lowest BCUT2D eigenvalue weighted by Gasteiger charge is -2.19. The van der Waals surface area contributed by atoms with Crippen LogP contribution in [0.25, 0.3) is 0 Å². The molecular formula is C7H18N6O. The number of amides is 2. The highest BCUT2D eigenvalue weighted by atomic mass is 16.2. The topological polar surface area (TPSA) is 128 Å². The Kier molecular flexibility index (Phi) is 3.64. The van der Waals surface area contributed by atoms with Gasteiger partial charge in [-0.25, -0.2) is 4.79 Å². The van der Waals surface area contributed by atoms with Gasteiger partial charge in [0, 0.05) is 26.2 Å². The van der Waals surface area contributed by atoms with Crippen molar-refractivity contribution in [3.05, 3.63) is 0 Å². The fourth-order valence-corrected chi connectivity index (χ4v) is 1.56. The zero-order valence-corrected chi connectivity index (χ0v) is 8.10. The molecule has 0 spiro atoms. The van der Waals surface area contributed by atoms with E-state index in [0.29, 0.717) is 26.2 Å². The van der Waals surface area contributed by atoms with Crippen molar-refractivity contribution < 1.29 is 4.79 Å². The van der Waals surface area contributed by atoms with Crippen LogP contribution in [-0.2, 0) is 0 Å². The largest absolute Gasteiger partial charge is 0.329 e. The first-order valence-corrected chi connectivity index (χ1v) is 4.62. The fraction of sp³-hybridized carbons (Fsp3) is 0.857. The van der Waals surface area contributed by atoms with Gasteiger partial charge in [-0.1, -0.05) is 0 Å². The van der Waals surface area contributed by atoms with Crippen molar-refractivity contribution in [2.75, 3.05) is 26.2 Å². The molecule has 0 aliphatic carbocycles. The summed E-state index contributed by atoms with van der Waals surface area (Å²) in [6, 6.07) is -0.180. The Morgan fingerprint density at radius 1 is 1.00 bits per heavy atom. The van der Waals surface area contributed by atoms with Gasteiger partial charge in [-0.2, -0.15) is 0 Å². The first-order chi connectivity index (χ1) is 6.63.